The molecule has 0 aliphatic carbocycles. The van der Waals surface area contributed by atoms with E-state index in [4.69, 9.17) is 4.42 Å². The SMILES string of the molecule is c1cc(-c2ccc(-c3ccc(N(c4ccccc4-c4cccc5oc6ccccc6c45)c4cccc5ccc6ccccc6c45)cc3)cc2)cc(-n2c3ccccc3c3ccccc32)c1. The van der Waals surface area contributed by atoms with E-state index < -0.39 is 0 Å². The lowest BCUT2D eigenvalue weighted by Gasteiger charge is -2.29. The number of rotatable bonds is 7. The van der Waals surface area contributed by atoms with E-state index >= 15 is 0 Å². The van der Waals surface area contributed by atoms with Gasteiger partial charge in [-0.15, -0.1) is 0 Å². The highest BCUT2D eigenvalue weighted by atomic mass is 16.3. The van der Waals surface area contributed by atoms with E-state index in [0.29, 0.717) is 0 Å². The molecule has 11 aromatic carbocycles. The molecule has 0 amide bonds. The Bertz CT molecular complexity index is 3900. The minimum Gasteiger partial charge on any atom is -0.456 e. The molecule has 0 radical (unpaired) electrons. The van der Waals surface area contributed by atoms with Crippen molar-refractivity contribution in [3.8, 4) is 39.1 Å². The number of anilines is 3. The fraction of sp³-hybridized carbons (Fsp3) is 0. The average Bonchev–Trinajstić information content (AvgIpc) is 3.93. The average molecular weight is 829 g/mol. The molecule has 0 saturated heterocycles. The first-order valence-corrected chi connectivity index (χ1v) is 22.2. The first-order valence-electron chi connectivity index (χ1n) is 22.2. The second-order valence-corrected chi connectivity index (χ2v) is 16.8. The van der Waals surface area contributed by atoms with Crippen LogP contribution in [0.3, 0.4) is 0 Å². The first-order chi connectivity index (χ1) is 32.2. The van der Waals surface area contributed by atoms with Crippen LogP contribution in [0.25, 0.3) is 104 Å². The summed E-state index contributed by atoms with van der Waals surface area (Å²) >= 11 is 0. The lowest BCUT2D eigenvalue weighted by molar-refractivity contribution is 0.669. The molecule has 0 spiro atoms. The summed E-state index contributed by atoms with van der Waals surface area (Å²) in [6, 6.07) is 87.7. The number of nitrogens with zero attached hydrogens (tertiary/aromatic N) is 2. The van der Waals surface area contributed by atoms with E-state index in [1.807, 2.05) is 6.07 Å². The minimum absolute atomic E-state index is 0.882. The second kappa shape index (κ2) is 15.0. The Balaban J connectivity index is 0.916. The van der Waals surface area contributed by atoms with E-state index in [1.54, 1.807) is 0 Å². The third-order valence-electron chi connectivity index (χ3n) is 13.2. The molecule has 13 aromatic rings. The molecule has 0 aliphatic heterocycles. The van der Waals surface area contributed by atoms with E-state index in [0.717, 1.165) is 61.4 Å². The Morgan fingerprint density at radius 2 is 0.862 bits per heavy atom. The first kappa shape index (κ1) is 36.9. The van der Waals surface area contributed by atoms with Crippen molar-refractivity contribution in [2.24, 2.45) is 0 Å². The Morgan fingerprint density at radius 1 is 0.323 bits per heavy atom. The zero-order valence-electron chi connectivity index (χ0n) is 35.4. The fourth-order valence-corrected chi connectivity index (χ4v) is 10.2. The summed E-state index contributed by atoms with van der Waals surface area (Å²) in [5, 5.41) is 9.62. The van der Waals surface area contributed by atoms with Crippen LogP contribution >= 0.6 is 0 Å². The van der Waals surface area contributed by atoms with Gasteiger partial charge in [-0.05, 0) is 105 Å². The highest BCUT2D eigenvalue weighted by molar-refractivity contribution is 6.17. The normalized spacial score (nSPS) is 11.7. The van der Waals surface area contributed by atoms with Gasteiger partial charge in [0.05, 0.1) is 22.4 Å². The van der Waals surface area contributed by atoms with Gasteiger partial charge in [-0.1, -0.05) is 182 Å². The van der Waals surface area contributed by atoms with Crippen molar-refractivity contribution in [3.63, 3.8) is 0 Å². The van der Waals surface area contributed by atoms with Crippen molar-refractivity contribution in [1.82, 2.24) is 4.57 Å². The van der Waals surface area contributed by atoms with Gasteiger partial charge in [-0.25, -0.2) is 0 Å². The van der Waals surface area contributed by atoms with Gasteiger partial charge >= 0.3 is 0 Å². The highest BCUT2D eigenvalue weighted by Crippen LogP contribution is 2.47. The Labute approximate surface area is 376 Å². The summed E-state index contributed by atoms with van der Waals surface area (Å²) in [6.07, 6.45) is 0. The zero-order chi connectivity index (χ0) is 42.8. The number of benzene rings is 11. The van der Waals surface area contributed by atoms with Crippen LogP contribution in [0.2, 0.25) is 0 Å². The molecule has 0 bridgehead atoms. The van der Waals surface area contributed by atoms with Crippen LogP contribution in [0.5, 0.6) is 0 Å². The van der Waals surface area contributed by atoms with Crippen LogP contribution in [0.1, 0.15) is 0 Å². The molecule has 0 atom stereocenters. The van der Waals surface area contributed by atoms with Crippen molar-refractivity contribution in [2.45, 2.75) is 0 Å². The van der Waals surface area contributed by atoms with Gasteiger partial charge in [-0.2, -0.15) is 0 Å². The minimum atomic E-state index is 0.882. The van der Waals surface area contributed by atoms with Crippen molar-refractivity contribution in [3.05, 3.63) is 243 Å². The Kier molecular flexibility index (Phi) is 8.53. The van der Waals surface area contributed by atoms with Crippen LogP contribution < -0.4 is 4.90 Å². The molecule has 0 saturated carbocycles. The second-order valence-electron chi connectivity index (χ2n) is 16.8. The number of fused-ring (bicyclic) bond motifs is 9. The molecule has 2 heterocycles. The number of hydrogen-bond donors (Lipinski definition) is 0. The summed E-state index contributed by atoms with van der Waals surface area (Å²) < 4.78 is 8.79. The predicted molar refractivity (Wildman–Crippen MR) is 274 cm³/mol. The Hall–Kier alpha value is -8.66. The predicted octanol–water partition coefficient (Wildman–Crippen LogP) is 17.5. The summed E-state index contributed by atoms with van der Waals surface area (Å²) in [4.78, 5) is 2.45. The summed E-state index contributed by atoms with van der Waals surface area (Å²) in [5.41, 5.74) is 15.6. The van der Waals surface area contributed by atoms with Gasteiger partial charge in [0, 0.05) is 43.9 Å². The molecule has 2 aromatic heterocycles. The van der Waals surface area contributed by atoms with Gasteiger partial charge in [-0.3, -0.25) is 0 Å². The quantitative estimate of drug-likeness (QED) is 0.149. The monoisotopic (exact) mass is 828 g/mol. The molecule has 3 nitrogen and oxygen atoms in total. The molecule has 0 aliphatic rings. The van der Waals surface area contributed by atoms with Gasteiger partial charge in [0.1, 0.15) is 11.2 Å². The van der Waals surface area contributed by atoms with E-state index in [9.17, 15) is 0 Å². The highest BCUT2D eigenvalue weighted by Gasteiger charge is 2.22. The van der Waals surface area contributed by atoms with Crippen LogP contribution in [-0.4, -0.2) is 4.57 Å². The maximum atomic E-state index is 6.41. The lowest BCUT2D eigenvalue weighted by atomic mass is 9.95. The molecule has 0 unspecified atom stereocenters. The smallest absolute Gasteiger partial charge is 0.136 e. The molecule has 3 heteroatoms. The molecule has 304 valence electrons. The van der Waals surface area contributed by atoms with Crippen LogP contribution in [0.15, 0.2) is 247 Å². The van der Waals surface area contributed by atoms with Crippen molar-refractivity contribution >= 4 is 82.4 Å². The molecule has 0 N–H and O–H groups in total. The number of hydrogen-bond acceptors (Lipinski definition) is 2. The van der Waals surface area contributed by atoms with Gasteiger partial charge in [0.25, 0.3) is 0 Å². The van der Waals surface area contributed by atoms with E-state index in [-0.39, 0.29) is 0 Å². The maximum absolute atomic E-state index is 6.41. The molecule has 65 heavy (non-hydrogen) atoms. The topological polar surface area (TPSA) is 21.3 Å². The summed E-state index contributed by atoms with van der Waals surface area (Å²) in [7, 11) is 0. The van der Waals surface area contributed by atoms with Crippen molar-refractivity contribution in [2.75, 3.05) is 4.90 Å². The fourth-order valence-electron chi connectivity index (χ4n) is 10.2. The van der Waals surface area contributed by atoms with E-state index in [2.05, 4.69) is 246 Å². The van der Waals surface area contributed by atoms with Gasteiger partial charge in [0.15, 0.2) is 0 Å². The van der Waals surface area contributed by atoms with Gasteiger partial charge in [0.2, 0.25) is 0 Å². The number of para-hydroxylation sites is 4. The van der Waals surface area contributed by atoms with Crippen LogP contribution in [-0.2, 0) is 0 Å². The van der Waals surface area contributed by atoms with Crippen molar-refractivity contribution < 1.29 is 4.42 Å². The largest absolute Gasteiger partial charge is 0.456 e. The molecule has 0 fully saturated rings. The lowest BCUT2D eigenvalue weighted by Crippen LogP contribution is -2.12. The van der Waals surface area contributed by atoms with Crippen molar-refractivity contribution in [1.29, 1.82) is 0 Å². The Morgan fingerprint density at radius 3 is 1.65 bits per heavy atom. The van der Waals surface area contributed by atoms with Gasteiger partial charge < -0.3 is 13.9 Å². The third kappa shape index (κ3) is 6.05. The standard InChI is InChI=1S/C62H40N2O/c1-2-18-49-44(14-1)34-35-45-15-12-27-58(61(45)49)63(57-26-9-5-21-52(57)53-23-13-29-60-62(53)54-22-6-10-28-59(54)65-60)47-38-36-42(37-39-47)41-30-32-43(33-31-41)46-16-11-17-48(40-46)64-55-24-7-3-19-50(55)51-20-4-8-25-56(51)64/h1-40H. The van der Waals surface area contributed by atoms with Crippen LogP contribution in [0.4, 0.5) is 17.1 Å². The number of furan rings is 1. The molecular formula is C62H40N2O. The number of aromatic nitrogens is 1. The third-order valence-corrected chi connectivity index (χ3v) is 13.2. The summed E-state index contributed by atoms with van der Waals surface area (Å²) in [5.74, 6) is 0. The van der Waals surface area contributed by atoms with E-state index in [1.165, 1.54) is 60.0 Å². The molecule has 13 rings (SSSR count). The maximum Gasteiger partial charge on any atom is 0.136 e. The summed E-state index contributed by atoms with van der Waals surface area (Å²) in [6.45, 7) is 0. The van der Waals surface area contributed by atoms with Crippen LogP contribution in [0, 0.1) is 0 Å². The zero-order valence-corrected chi connectivity index (χ0v) is 35.4. The molecular weight excluding hydrogens is 789 g/mol.